The molecule has 1 saturated heterocycles. The number of piperazine rings is 1. The lowest BCUT2D eigenvalue weighted by Gasteiger charge is -2.37. The zero-order valence-corrected chi connectivity index (χ0v) is 20.0. The molecule has 4 aromatic rings. The van der Waals surface area contributed by atoms with Crippen LogP contribution in [0.25, 0.3) is 11.4 Å². The molecular formula is C28H27N5O3. The van der Waals surface area contributed by atoms with Crippen molar-refractivity contribution in [1.29, 1.82) is 0 Å². The van der Waals surface area contributed by atoms with Gasteiger partial charge in [-0.1, -0.05) is 65.8 Å². The first-order chi connectivity index (χ1) is 17.6. The zero-order valence-electron chi connectivity index (χ0n) is 20.0. The second kappa shape index (κ2) is 10.5. The molecule has 1 aliphatic rings. The number of hydrogen-bond acceptors (Lipinski definition) is 6. The maximum Gasteiger partial charge on any atom is 0.256 e. The highest BCUT2D eigenvalue weighted by Crippen LogP contribution is 2.25. The number of hydrogen-bond donors (Lipinski definition) is 1. The third-order valence-electron chi connectivity index (χ3n) is 6.42. The highest BCUT2D eigenvalue weighted by molar-refractivity contribution is 6.09. The van der Waals surface area contributed by atoms with Crippen LogP contribution in [0.1, 0.15) is 39.6 Å². The first-order valence-corrected chi connectivity index (χ1v) is 12.0. The van der Waals surface area contributed by atoms with E-state index in [0.717, 1.165) is 5.56 Å². The SMILES string of the molecule is CC(c1nc(-c2ccccc2)no1)N1CCN(C(=O)c2ccccc2NC(=O)c2ccccc2)CC1. The van der Waals surface area contributed by atoms with Crippen molar-refractivity contribution in [3.8, 4) is 11.4 Å². The van der Waals surface area contributed by atoms with E-state index in [-0.39, 0.29) is 17.9 Å². The highest BCUT2D eigenvalue weighted by atomic mass is 16.5. The monoisotopic (exact) mass is 481 g/mol. The third kappa shape index (κ3) is 5.04. The molecule has 8 heteroatoms. The van der Waals surface area contributed by atoms with Crippen LogP contribution < -0.4 is 5.32 Å². The molecule has 1 aromatic heterocycles. The number of benzene rings is 3. The lowest BCUT2D eigenvalue weighted by atomic mass is 10.1. The van der Waals surface area contributed by atoms with Crippen LogP contribution in [0.4, 0.5) is 5.69 Å². The number of carbonyl (C=O) groups excluding carboxylic acids is 2. The van der Waals surface area contributed by atoms with Crippen LogP contribution >= 0.6 is 0 Å². The Bertz CT molecular complexity index is 1330. The van der Waals surface area contributed by atoms with E-state index < -0.39 is 0 Å². The molecule has 8 nitrogen and oxygen atoms in total. The molecule has 1 fully saturated rings. The van der Waals surface area contributed by atoms with Crippen LogP contribution in [0.3, 0.4) is 0 Å². The summed E-state index contributed by atoms with van der Waals surface area (Å²) in [5.41, 5.74) is 2.44. The first-order valence-electron chi connectivity index (χ1n) is 12.0. The summed E-state index contributed by atoms with van der Waals surface area (Å²) in [5, 5.41) is 7.02. The molecule has 0 aliphatic carbocycles. The van der Waals surface area contributed by atoms with Crippen LogP contribution in [-0.2, 0) is 0 Å². The highest BCUT2D eigenvalue weighted by Gasteiger charge is 2.29. The number of nitrogens with one attached hydrogen (secondary N) is 1. The van der Waals surface area contributed by atoms with Crippen molar-refractivity contribution >= 4 is 17.5 Å². The van der Waals surface area contributed by atoms with Crippen molar-refractivity contribution in [1.82, 2.24) is 19.9 Å². The van der Waals surface area contributed by atoms with Gasteiger partial charge in [-0.25, -0.2) is 0 Å². The topological polar surface area (TPSA) is 91.6 Å². The predicted octanol–water partition coefficient (Wildman–Crippen LogP) is 4.51. The van der Waals surface area contributed by atoms with Gasteiger partial charge in [0.05, 0.1) is 17.3 Å². The molecule has 2 amide bonds. The molecule has 5 rings (SSSR count). The van der Waals surface area contributed by atoms with Gasteiger partial charge in [-0.3, -0.25) is 14.5 Å². The van der Waals surface area contributed by atoms with E-state index in [0.29, 0.717) is 54.7 Å². The molecule has 182 valence electrons. The van der Waals surface area contributed by atoms with Crippen LogP contribution in [0.15, 0.2) is 89.5 Å². The summed E-state index contributed by atoms with van der Waals surface area (Å²) < 4.78 is 5.54. The van der Waals surface area contributed by atoms with Gasteiger partial charge in [-0.05, 0) is 31.2 Å². The van der Waals surface area contributed by atoms with Gasteiger partial charge in [-0.2, -0.15) is 4.98 Å². The van der Waals surface area contributed by atoms with E-state index in [1.807, 2.05) is 72.5 Å². The molecule has 36 heavy (non-hydrogen) atoms. The lowest BCUT2D eigenvalue weighted by molar-refractivity contribution is 0.0552. The van der Waals surface area contributed by atoms with E-state index in [1.54, 1.807) is 24.3 Å². The maximum atomic E-state index is 13.4. The van der Waals surface area contributed by atoms with Crippen molar-refractivity contribution in [2.45, 2.75) is 13.0 Å². The molecule has 0 bridgehead atoms. The number of nitrogens with zero attached hydrogens (tertiary/aromatic N) is 4. The first kappa shape index (κ1) is 23.4. The molecule has 3 aromatic carbocycles. The standard InChI is InChI=1S/C28H27N5O3/c1-20(27-30-25(31-36-27)21-10-4-2-5-11-21)32-16-18-33(19-17-32)28(35)23-14-8-9-15-24(23)29-26(34)22-12-6-3-7-13-22/h2-15,20H,16-19H2,1H3,(H,29,34). The van der Waals surface area contributed by atoms with Crippen LogP contribution in [0.5, 0.6) is 0 Å². The maximum absolute atomic E-state index is 13.4. The van der Waals surface area contributed by atoms with Gasteiger partial charge >= 0.3 is 0 Å². The van der Waals surface area contributed by atoms with Crippen molar-refractivity contribution in [3.63, 3.8) is 0 Å². The quantitative estimate of drug-likeness (QED) is 0.436. The third-order valence-corrected chi connectivity index (χ3v) is 6.42. The molecule has 1 unspecified atom stereocenters. The number of rotatable bonds is 6. The van der Waals surface area contributed by atoms with Crippen molar-refractivity contribution < 1.29 is 14.1 Å². The van der Waals surface area contributed by atoms with Gasteiger partial charge in [0.25, 0.3) is 11.8 Å². The number of amides is 2. The van der Waals surface area contributed by atoms with Crippen molar-refractivity contribution in [2.24, 2.45) is 0 Å². The Morgan fingerprint density at radius 2 is 1.50 bits per heavy atom. The molecule has 0 radical (unpaired) electrons. The summed E-state index contributed by atoms with van der Waals surface area (Å²) >= 11 is 0. The van der Waals surface area contributed by atoms with E-state index in [2.05, 4.69) is 20.4 Å². The summed E-state index contributed by atoms with van der Waals surface area (Å²) in [6.07, 6.45) is 0. The molecule has 1 N–H and O–H groups in total. The Balaban J connectivity index is 1.22. The van der Waals surface area contributed by atoms with Gasteiger partial charge in [0, 0.05) is 37.3 Å². The van der Waals surface area contributed by atoms with Crippen LogP contribution in [-0.4, -0.2) is 57.9 Å². The van der Waals surface area contributed by atoms with Gasteiger partial charge in [0.15, 0.2) is 0 Å². The van der Waals surface area contributed by atoms with Crippen LogP contribution in [0, 0.1) is 0 Å². The average Bonchev–Trinajstić information content (AvgIpc) is 3.44. The number of carbonyl (C=O) groups is 2. The molecule has 0 saturated carbocycles. The average molecular weight is 482 g/mol. The van der Waals surface area contributed by atoms with Crippen molar-refractivity contribution in [2.75, 3.05) is 31.5 Å². The van der Waals surface area contributed by atoms with E-state index in [9.17, 15) is 9.59 Å². The summed E-state index contributed by atoms with van der Waals surface area (Å²) in [4.78, 5) is 34.6. The van der Waals surface area contributed by atoms with Gasteiger partial charge in [0.1, 0.15) is 0 Å². The normalized spacial score (nSPS) is 14.9. The Morgan fingerprint density at radius 3 is 2.22 bits per heavy atom. The zero-order chi connectivity index (χ0) is 24.9. The minimum Gasteiger partial charge on any atom is -0.337 e. The molecule has 0 spiro atoms. The Labute approximate surface area is 209 Å². The number of aromatic nitrogens is 2. The van der Waals surface area contributed by atoms with Gasteiger partial charge in [0.2, 0.25) is 11.7 Å². The molecule has 1 aliphatic heterocycles. The molecule has 1 atom stereocenters. The van der Waals surface area contributed by atoms with Crippen LogP contribution in [0.2, 0.25) is 0 Å². The Kier molecular flexibility index (Phi) is 6.86. The van der Waals surface area contributed by atoms with E-state index >= 15 is 0 Å². The number of anilines is 1. The molecular weight excluding hydrogens is 454 g/mol. The fourth-order valence-electron chi connectivity index (χ4n) is 4.31. The number of para-hydroxylation sites is 1. The second-order valence-corrected chi connectivity index (χ2v) is 8.69. The smallest absolute Gasteiger partial charge is 0.256 e. The molecule has 2 heterocycles. The van der Waals surface area contributed by atoms with Gasteiger partial charge in [-0.15, -0.1) is 0 Å². The summed E-state index contributed by atoms with van der Waals surface area (Å²) in [6.45, 7) is 4.50. The minimum absolute atomic E-state index is 0.0651. The van der Waals surface area contributed by atoms with Crippen molar-refractivity contribution in [3.05, 3.63) is 102 Å². The fourth-order valence-corrected chi connectivity index (χ4v) is 4.31. The Morgan fingerprint density at radius 1 is 0.861 bits per heavy atom. The summed E-state index contributed by atoms with van der Waals surface area (Å²) in [5.74, 6) is 0.780. The Hall–Kier alpha value is -4.30. The van der Waals surface area contributed by atoms with Gasteiger partial charge < -0.3 is 14.7 Å². The summed E-state index contributed by atoms with van der Waals surface area (Å²) in [6, 6.07) is 25.7. The lowest BCUT2D eigenvalue weighted by Crippen LogP contribution is -2.49. The fraction of sp³-hybridized carbons (Fsp3) is 0.214. The second-order valence-electron chi connectivity index (χ2n) is 8.69. The minimum atomic E-state index is -0.246. The van der Waals surface area contributed by atoms with E-state index in [4.69, 9.17) is 4.52 Å². The largest absolute Gasteiger partial charge is 0.337 e. The summed E-state index contributed by atoms with van der Waals surface area (Å²) in [7, 11) is 0. The van der Waals surface area contributed by atoms with E-state index in [1.165, 1.54) is 0 Å². The predicted molar refractivity (Wildman–Crippen MR) is 136 cm³/mol.